The minimum absolute atomic E-state index is 0.000725. The number of hydrogen-bond donors (Lipinski definition) is 1. The van der Waals surface area contributed by atoms with E-state index >= 15 is 0 Å². The number of nitrogens with zero attached hydrogens (tertiary/aromatic N) is 1. The number of methoxy groups -OCH3 is 2. The van der Waals surface area contributed by atoms with Gasteiger partial charge in [0.15, 0.2) is 0 Å². The molecule has 182 valence electrons. The van der Waals surface area contributed by atoms with E-state index in [0.29, 0.717) is 61.2 Å². The molecule has 1 aliphatic heterocycles. The second kappa shape index (κ2) is 11.6. The summed E-state index contributed by atoms with van der Waals surface area (Å²) in [5.41, 5.74) is 0.968. The maximum atomic E-state index is 13.2. The highest BCUT2D eigenvalue weighted by atomic mass is 16.5. The third kappa shape index (κ3) is 5.17. The number of aliphatic hydroxyl groups is 1. The van der Waals surface area contributed by atoms with E-state index in [0.717, 1.165) is 0 Å². The van der Waals surface area contributed by atoms with Gasteiger partial charge in [0.05, 0.1) is 37.5 Å². The van der Waals surface area contributed by atoms with Gasteiger partial charge in [-0.25, -0.2) is 0 Å². The third-order valence-corrected chi connectivity index (χ3v) is 5.52. The van der Waals surface area contributed by atoms with Gasteiger partial charge in [0.1, 0.15) is 23.0 Å². The summed E-state index contributed by atoms with van der Waals surface area (Å²) in [5.74, 6) is -0.204. The SMILES string of the molecule is CCOc1ccc(/C(O)=C2/C(=O)C(=O)N(CCCOC)C2c2cccc(OC)c2)c(OCC)c1. The third-order valence-electron chi connectivity index (χ3n) is 5.52. The van der Waals surface area contributed by atoms with E-state index < -0.39 is 17.7 Å². The maximum absolute atomic E-state index is 13.2. The molecule has 2 aromatic rings. The molecule has 0 radical (unpaired) electrons. The van der Waals surface area contributed by atoms with Gasteiger partial charge in [-0.15, -0.1) is 0 Å². The number of ether oxygens (including phenoxy) is 4. The number of amides is 1. The van der Waals surface area contributed by atoms with Crippen molar-refractivity contribution in [3.8, 4) is 17.2 Å². The summed E-state index contributed by atoms with van der Waals surface area (Å²) in [7, 11) is 3.12. The first-order valence-electron chi connectivity index (χ1n) is 11.3. The van der Waals surface area contributed by atoms with Crippen molar-refractivity contribution in [2.75, 3.05) is 40.6 Å². The Morgan fingerprint density at radius 1 is 1.00 bits per heavy atom. The number of rotatable bonds is 11. The van der Waals surface area contributed by atoms with Crippen LogP contribution in [0.15, 0.2) is 48.0 Å². The predicted molar refractivity (Wildman–Crippen MR) is 127 cm³/mol. The lowest BCUT2D eigenvalue weighted by Crippen LogP contribution is -2.31. The number of aliphatic hydroxyl groups excluding tert-OH is 1. The summed E-state index contributed by atoms with van der Waals surface area (Å²) in [6, 6.07) is 11.3. The molecule has 8 heteroatoms. The summed E-state index contributed by atoms with van der Waals surface area (Å²) < 4.78 is 21.8. The lowest BCUT2D eigenvalue weighted by atomic mass is 9.94. The van der Waals surface area contributed by atoms with Gasteiger partial charge < -0.3 is 29.0 Å². The van der Waals surface area contributed by atoms with E-state index in [-0.39, 0.29) is 11.3 Å². The minimum atomic E-state index is -0.784. The molecule has 8 nitrogen and oxygen atoms in total. The Kier molecular flexibility index (Phi) is 8.54. The molecule has 1 aliphatic rings. The van der Waals surface area contributed by atoms with E-state index in [2.05, 4.69) is 0 Å². The first-order chi connectivity index (χ1) is 16.5. The van der Waals surface area contributed by atoms with Gasteiger partial charge in [-0.05, 0) is 50.1 Å². The molecule has 1 atom stereocenters. The molecule has 34 heavy (non-hydrogen) atoms. The van der Waals surface area contributed by atoms with Crippen molar-refractivity contribution in [1.82, 2.24) is 4.90 Å². The average molecular weight is 470 g/mol. The van der Waals surface area contributed by atoms with Gasteiger partial charge in [0.2, 0.25) is 0 Å². The van der Waals surface area contributed by atoms with Crippen LogP contribution in [0.1, 0.15) is 37.4 Å². The summed E-state index contributed by atoms with van der Waals surface area (Å²) >= 11 is 0. The summed E-state index contributed by atoms with van der Waals surface area (Å²) in [5, 5.41) is 11.4. The number of carbonyl (C=O) groups excluding carboxylic acids is 2. The van der Waals surface area contributed by atoms with Gasteiger partial charge in [0, 0.05) is 26.3 Å². The molecule has 3 rings (SSSR count). The van der Waals surface area contributed by atoms with E-state index in [4.69, 9.17) is 18.9 Å². The Balaban J connectivity index is 2.17. The smallest absolute Gasteiger partial charge is 0.295 e. The number of ketones is 1. The quantitative estimate of drug-likeness (QED) is 0.230. The van der Waals surface area contributed by atoms with Crippen LogP contribution in [0.2, 0.25) is 0 Å². The molecule has 0 saturated carbocycles. The Bertz CT molecular complexity index is 1060. The minimum Gasteiger partial charge on any atom is -0.507 e. The van der Waals surface area contributed by atoms with Crippen LogP contribution in [-0.4, -0.2) is 62.3 Å². The number of hydrogen-bond acceptors (Lipinski definition) is 7. The van der Waals surface area contributed by atoms with Crippen LogP contribution in [0.25, 0.3) is 5.76 Å². The second-order valence-electron chi connectivity index (χ2n) is 7.64. The number of Topliss-reactive ketones (excluding diaryl/α,β-unsaturated/α-hetero) is 1. The van der Waals surface area contributed by atoms with Gasteiger partial charge in [0.25, 0.3) is 11.7 Å². The first kappa shape index (κ1) is 25.1. The highest BCUT2D eigenvalue weighted by Crippen LogP contribution is 2.42. The van der Waals surface area contributed by atoms with Crippen molar-refractivity contribution in [2.45, 2.75) is 26.3 Å². The normalized spacial score (nSPS) is 17.2. The van der Waals surface area contributed by atoms with E-state index in [1.807, 2.05) is 13.8 Å². The lowest BCUT2D eigenvalue weighted by molar-refractivity contribution is -0.140. The molecule has 1 amide bonds. The van der Waals surface area contributed by atoms with Crippen molar-refractivity contribution in [2.24, 2.45) is 0 Å². The average Bonchev–Trinajstić information content (AvgIpc) is 3.09. The molecule has 1 unspecified atom stereocenters. The van der Waals surface area contributed by atoms with Gasteiger partial charge in [-0.2, -0.15) is 0 Å². The Morgan fingerprint density at radius 3 is 2.44 bits per heavy atom. The number of likely N-dealkylation sites (tertiary alicyclic amines) is 1. The van der Waals surface area contributed by atoms with Crippen molar-refractivity contribution in [1.29, 1.82) is 0 Å². The highest BCUT2D eigenvalue weighted by molar-refractivity contribution is 6.46. The zero-order valence-corrected chi connectivity index (χ0v) is 20.0. The number of carbonyl (C=O) groups is 2. The lowest BCUT2D eigenvalue weighted by Gasteiger charge is -2.25. The van der Waals surface area contributed by atoms with Gasteiger partial charge >= 0.3 is 0 Å². The Hall–Kier alpha value is -3.52. The van der Waals surface area contributed by atoms with Gasteiger partial charge in [-0.1, -0.05) is 12.1 Å². The maximum Gasteiger partial charge on any atom is 0.295 e. The van der Waals surface area contributed by atoms with Crippen LogP contribution in [0.5, 0.6) is 17.2 Å². The fraction of sp³-hybridized carbons (Fsp3) is 0.385. The van der Waals surface area contributed by atoms with Gasteiger partial charge in [-0.3, -0.25) is 9.59 Å². The monoisotopic (exact) mass is 469 g/mol. The topological polar surface area (TPSA) is 94.5 Å². The predicted octanol–water partition coefficient (Wildman–Crippen LogP) is 3.95. The van der Waals surface area contributed by atoms with Crippen molar-refractivity contribution < 1.29 is 33.6 Å². The summed E-state index contributed by atoms with van der Waals surface area (Å²) in [4.78, 5) is 27.7. The molecule has 1 saturated heterocycles. The standard InChI is InChI=1S/C26H31NO7/c1-5-33-19-11-12-20(21(16-19)34-6-2)24(28)22-23(17-9-7-10-18(15-17)32-4)27(13-8-14-31-3)26(30)25(22)29/h7,9-12,15-16,23,28H,5-6,8,13-14H2,1-4H3/b24-22-. The van der Waals surface area contributed by atoms with Crippen molar-refractivity contribution in [3.63, 3.8) is 0 Å². The molecule has 0 bridgehead atoms. The molecule has 0 aliphatic carbocycles. The van der Waals surface area contributed by atoms with Crippen molar-refractivity contribution in [3.05, 3.63) is 59.2 Å². The number of benzene rings is 2. The van der Waals surface area contributed by atoms with Crippen LogP contribution in [0.3, 0.4) is 0 Å². The molecule has 1 N–H and O–H groups in total. The van der Waals surface area contributed by atoms with Crippen LogP contribution < -0.4 is 14.2 Å². The zero-order valence-electron chi connectivity index (χ0n) is 20.0. The van der Waals surface area contributed by atoms with E-state index in [9.17, 15) is 14.7 Å². The van der Waals surface area contributed by atoms with Crippen LogP contribution in [0, 0.1) is 0 Å². The second-order valence-corrected chi connectivity index (χ2v) is 7.64. The summed E-state index contributed by atoms with van der Waals surface area (Å²) in [6.07, 6.45) is 0.539. The van der Waals surface area contributed by atoms with Crippen LogP contribution in [-0.2, 0) is 14.3 Å². The van der Waals surface area contributed by atoms with Crippen molar-refractivity contribution >= 4 is 17.4 Å². The molecule has 1 heterocycles. The molecule has 0 aromatic heterocycles. The summed E-state index contributed by atoms with van der Waals surface area (Å²) in [6.45, 7) is 5.23. The Labute approximate surface area is 199 Å². The fourth-order valence-corrected chi connectivity index (χ4v) is 4.02. The fourth-order valence-electron chi connectivity index (χ4n) is 4.02. The molecule has 1 fully saturated rings. The first-order valence-corrected chi connectivity index (χ1v) is 11.3. The zero-order chi connectivity index (χ0) is 24.7. The molecular formula is C26H31NO7. The molecule has 2 aromatic carbocycles. The highest BCUT2D eigenvalue weighted by Gasteiger charge is 2.46. The molecular weight excluding hydrogens is 438 g/mol. The Morgan fingerprint density at radius 2 is 1.76 bits per heavy atom. The van der Waals surface area contributed by atoms with Crippen LogP contribution >= 0.6 is 0 Å². The van der Waals surface area contributed by atoms with Crippen LogP contribution in [0.4, 0.5) is 0 Å². The van der Waals surface area contributed by atoms with E-state index in [1.54, 1.807) is 56.7 Å². The largest absolute Gasteiger partial charge is 0.507 e. The van der Waals surface area contributed by atoms with E-state index in [1.165, 1.54) is 4.90 Å². The molecule has 0 spiro atoms.